The lowest BCUT2D eigenvalue weighted by molar-refractivity contribution is -0.384. The summed E-state index contributed by atoms with van der Waals surface area (Å²) in [5.41, 5.74) is -0.407. The Balaban J connectivity index is 1.91. The molecule has 2 rings (SSSR count). The van der Waals surface area contributed by atoms with Gasteiger partial charge in [-0.1, -0.05) is 0 Å². The number of alkyl halides is 1. The number of nitro groups is 1. The van der Waals surface area contributed by atoms with E-state index in [2.05, 4.69) is 10.6 Å². The molecule has 0 fully saturated rings. The Morgan fingerprint density at radius 3 is 2.31 bits per heavy atom. The molecule has 1 heterocycles. The van der Waals surface area contributed by atoms with Crippen molar-refractivity contribution >= 4 is 40.9 Å². The Hall–Kier alpha value is -3.01. The third kappa shape index (κ3) is 4.33. The highest BCUT2D eigenvalue weighted by molar-refractivity contribution is 6.22. The molecule has 0 unspecified atom stereocenters. The van der Waals surface area contributed by atoms with Crippen LogP contribution in [-0.2, 0) is 9.59 Å². The molecule has 0 saturated heterocycles. The third-order valence-corrected chi connectivity index (χ3v) is 3.75. The van der Waals surface area contributed by atoms with E-state index in [-0.39, 0.29) is 48.1 Å². The number of rotatable bonds is 8. The smallest absolute Gasteiger partial charge is 0.270 e. The Morgan fingerprint density at radius 2 is 1.69 bits per heavy atom. The van der Waals surface area contributed by atoms with Crippen molar-refractivity contribution in [3.63, 3.8) is 0 Å². The van der Waals surface area contributed by atoms with E-state index in [0.29, 0.717) is 0 Å². The van der Waals surface area contributed by atoms with Crippen molar-refractivity contribution in [1.29, 1.82) is 0 Å². The van der Waals surface area contributed by atoms with E-state index < -0.39 is 29.2 Å². The van der Waals surface area contributed by atoms with Crippen LogP contribution < -0.4 is 10.6 Å². The fourth-order valence-electron chi connectivity index (χ4n) is 2.31. The molecule has 0 aromatic heterocycles. The van der Waals surface area contributed by atoms with Crippen molar-refractivity contribution in [3.05, 3.63) is 39.4 Å². The van der Waals surface area contributed by atoms with Gasteiger partial charge >= 0.3 is 0 Å². The average Bonchev–Trinajstić information content (AvgIpc) is 2.83. The van der Waals surface area contributed by atoms with Gasteiger partial charge in [-0.3, -0.25) is 34.2 Å². The first-order valence-corrected chi connectivity index (χ1v) is 8.12. The Labute approximate surface area is 152 Å². The molecule has 26 heavy (non-hydrogen) atoms. The summed E-state index contributed by atoms with van der Waals surface area (Å²) in [6.07, 6.45) is 0.163. The van der Waals surface area contributed by atoms with Crippen LogP contribution in [-0.4, -0.2) is 59.0 Å². The van der Waals surface area contributed by atoms with Gasteiger partial charge in [-0.2, -0.15) is 0 Å². The van der Waals surface area contributed by atoms with E-state index in [9.17, 15) is 29.3 Å². The summed E-state index contributed by atoms with van der Waals surface area (Å²) in [6.45, 7) is -0.229. The van der Waals surface area contributed by atoms with Crippen LogP contribution >= 0.6 is 11.6 Å². The zero-order chi connectivity index (χ0) is 19.3. The summed E-state index contributed by atoms with van der Waals surface area (Å²) < 4.78 is 0. The highest BCUT2D eigenvalue weighted by Crippen LogP contribution is 2.26. The summed E-state index contributed by atoms with van der Waals surface area (Å²) in [6, 6.07) is 3.33. The maximum absolute atomic E-state index is 12.2. The van der Waals surface area contributed by atoms with Crippen molar-refractivity contribution in [2.75, 3.05) is 25.5 Å². The lowest BCUT2D eigenvalue weighted by atomic mass is 10.1. The number of carbonyl (C=O) groups excluding carboxylic acids is 4. The summed E-state index contributed by atoms with van der Waals surface area (Å²) in [5.74, 6) is -2.11. The number of carbonyl (C=O) groups is 4. The fraction of sp³-hybridized carbons (Fsp3) is 0.333. The number of halogens is 1. The molecule has 1 aromatic carbocycles. The van der Waals surface area contributed by atoms with Crippen molar-refractivity contribution in [3.8, 4) is 0 Å². The number of imide groups is 1. The van der Waals surface area contributed by atoms with E-state index in [4.69, 9.17) is 11.6 Å². The number of non-ortho nitro benzene ring substituents is 1. The van der Waals surface area contributed by atoms with E-state index >= 15 is 0 Å². The van der Waals surface area contributed by atoms with Crippen molar-refractivity contribution in [1.82, 2.24) is 15.5 Å². The van der Waals surface area contributed by atoms with Crippen LogP contribution in [0.3, 0.4) is 0 Å². The highest BCUT2D eigenvalue weighted by Gasteiger charge is 2.37. The van der Waals surface area contributed by atoms with Gasteiger partial charge in [0.05, 0.1) is 16.1 Å². The normalized spacial score (nSPS) is 12.7. The van der Waals surface area contributed by atoms with E-state index in [1.54, 1.807) is 0 Å². The van der Waals surface area contributed by atoms with Gasteiger partial charge in [0, 0.05) is 37.5 Å². The van der Waals surface area contributed by atoms with Crippen molar-refractivity contribution in [2.45, 2.75) is 6.42 Å². The standard InChI is InChI=1S/C15H15ClN4O6/c16-4-3-12(21)17-5-6-18-13(22)8-19-14(23)10-2-1-9(20(25)26)7-11(10)15(19)24/h1-2,7H,3-6,8H2,(H,17,21)(H,18,22). The number of hydrogen-bond donors (Lipinski definition) is 2. The van der Waals surface area contributed by atoms with Crippen LogP contribution in [0.15, 0.2) is 18.2 Å². The lowest BCUT2D eigenvalue weighted by Gasteiger charge is -2.13. The Morgan fingerprint density at radius 1 is 1.08 bits per heavy atom. The number of hydrogen-bond acceptors (Lipinski definition) is 6. The predicted molar refractivity (Wildman–Crippen MR) is 89.8 cm³/mol. The summed E-state index contributed by atoms with van der Waals surface area (Å²) in [4.78, 5) is 58.4. The number of fused-ring (bicyclic) bond motifs is 1. The monoisotopic (exact) mass is 382 g/mol. The number of benzene rings is 1. The molecular formula is C15H15ClN4O6. The van der Waals surface area contributed by atoms with Crippen LogP contribution in [0.4, 0.5) is 5.69 Å². The number of nitrogens with one attached hydrogen (secondary N) is 2. The van der Waals surface area contributed by atoms with Crippen molar-refractivity contribution < 1.29 is 24.1 Å². The minimum absolute atomic E-state index is 0.0155. The SMILES string of the molecule is O=C(CCCl)NCCNC(=O)CN1C(=O)c2ccc([N+](=O)[O-])cc2C1=O. The number of amides is 4. The average molecular weight is 383 g/mol. The second-order valence-electron chi connectivity index (χ2n) is 5.32. The topological polar surface area (TPSA) is 139 Å². The molecule has 0 bridgehead atoms. The first-order chi connectivity index (χ1) is 12.3. The first kappa shape index (κ1) is 19.3. The minimum atomic E-state index is -0.765. The van der Waals surface area contributed by atoms with Crippen LogP contribution in [0, 0.1) is 10.1 Å². The molecule has 138 valence electrons. The quantitative estimate of drug-likeness (QED) is 0.214. The summed E-state index contributed by atoms with van der Waals surface area (Å²) in [7, 11) is 0. The maximum Gasteiger partial charge on any atom is 0.270 e. The van der Waals surface area contributed by atoms with Gasteiger partial charge in [0.15, 0.2) is 0 Å². The largest absolute Gasteiger partial charge is 0.354 e. The number of nitrogens with zero attached hydrogens (tertiary/aromatic N) is 2. The van der Waals surface area contributed by atoms with Gasteiger partial charge in [-0.05, 0) is 6.07 Å². The minimum Gasteiger partial charge on any atom is -0.354 e. The molecule has 0 atom stereocenters. The molecule has 0 radical (unpaired) electrons. The Bertz CT molecular complexity index is 781. The van der Waals surface area contributed by atoms with E-state index in [0.717, 1.165) is 17.0 Å². The highest BCUT2D eigenvalue weighted by atomic mass is 35.5. The molecule has 2 N–H and O–H groups in total. The summed E-state index contributed by atoms with van der Waals surface area (Å²) >= 11 is 5.41. The van der Waals surface area contributed by atoms with Crippen LogP contribution in [0.5, 0.6) is 0 Å². The van der Waals surface area contributed by atoms with Gasteiger partial charge < -0.3 is 10.6 Å². The molecular weight excluding hydrogens is 368 g/mol. The van der Waals surface area contributed by atoms with E-state index in [1.165, 1.54) is 6.07 Å². The van der Waals surface area contributed by atoms with Crippen LogP contribution in [0.2, 0.25) is 0 Å². The van der Waals surface area contributed by atoms with Crippen LogP contribution in [0.1, 0.15) is 27.1 Å². The molecule has 0 spiro atoms. The van der Waals surface area contributed by atoms with Gasteiger partial charge in [-0.25, -0.2) is 0 Å². The van der Waals surface area contributed by atoms with Gasteiger partial charge in [0.1, 0.15) is 6.54 Å². The van der Waals surface area contributed by atoms with Gasteiger partial charge in [0.25, 0.3) is 17.5 Å². The third-order valence-electron chi connectivity index (χ3n) is 3.56. The fourth-order valence-corrected chi connectivity index (χ4v) is 2.49. The lowest BCUT2D eigenvalue weighted by Crippen LogP contribution is -2.42. The van der Waals surface area contributed by atoms with Gasteiger partial charge in [-0.15, -0.1) is 11.6 Å². The van der Waals surface area contributed by atoms with E-state index in [1.807, 2.05) is 0 Å². The molecule has 1 aliphatic heterocycles. The van der Waals surface area contributed by atoms with Gasteiger partial charge in [0.2, 0.25) is 11.8 Å². The predicted octanol–water partition coefficient (Wildman–Crippen LogP) is 0.0521. The molecule has 10 nitrogen and oxygen atoms in total. The molecule has 1 aromatic rings. The Kier molecular flexibility index (Phi) is 6.23. The molecule has 0 saturated carbocycles. The first-order valence-electron chi connectivity index (χ1n) is 7.59. The second kappa shape index (κ2) is 8.39. The zero-order valence-electron chi connectivity index (χ0n) is 13.5. The molecule has 1 aliphatic rings. The van der Waals surface area contributed by atoms with Crippen molar-refractivity contribution in [2.24, 2.45) is 0 Å². The number of nitro benzene ring substituents is 1. The molecule has 4 amide bonds. The van der Waals surface area contributed by atoms with Crippen LogP contribution in [0.25, 0.3) is 0 Å². The zero-order valence-corrected chi connectivity index (χ0v) is 14.2. The summed E-state index contributed by atoms with van der Waals surface area (Å²) in [5, 5.41) is 15.8. The second-order valence-corrected chi connectivity index (χ2v) is 5.70. The molecule has 11 heteroatoms. The molecule has 0 aliphatic carbocycles. The maximum atomic E-state index is 12.2.